The van der Waals surface area contributed by atoms with Gasteiger partial charge in [0.2, 0.25) is 5.13 Å². The third kappa shape index (κ3) is 2.62. The van der Waals surface area contributed by atoms with Gasteiger partial charge in [-0.15, -0.1) is 0 Å². The first kappa shape index (κ1) is 13.2. The fourth-order valence-corrected chi connectivity index (χ4v) is 2.64. The van der Waals surface area contributed by atoms with Gasteiger partial charge in [0.25, 0.3) is 0 Å². The zero-order valence-electron chi connectivity index (χ0n) is 10.5. The molecule has 0 amide bonds. The van der Waals surface area contributed by atoms with Gasteiger partial charge in [0.05, 0.1) is 0 Å². The van der Waals surface area contributed by atoms with E-state index in [0.29, 0.717) is 31.2 Å². The van der Waals surface area contributed by atoms with Crippen molar-refractivity contribution in [2.75, 3.05) is 18.5 Å². The average Bonchev–Trinajstić information content (AvgIpc) is 2.78. The Balaban J connectivity index is 2.15. The number of ether oxygens (including phenoxy) is 1. The van der Waals surface area contributed by atoms with E-state index in [-0.39, 0.29) is 5.92 Å². The Bertz CT molecular complexity index is 427. The molecule has 0 unspecified atom stereocenters. The van der Waals surface area contributed by atoms with Crippen LogP contribution in [0.25, 0.3) is 0 Å². The van der Waals surface area contributed by atoms with Crippen LogP contribution in [-0.4, -0.2) is 39.2 Å². The van der Waals surface area contributed by atoms with Gasteiger partial charge >= 0.3 is 5.97 Å². The molecule has 0 saturated carbocycles. The topological polar surface area (TPSA) is 84.3 Å². The van der Waals surface area contributed by atoms with Gasteiger partial charge in [-0.3, -0.25) is 0 Å². The molecule has 2 rings (SSSR count). The molecule has 0 atom stereocenters. The Morgan fingerprint density at radius 2 is 2.17 bits per heavy atom. The summed E-state index contributed by atoms with van der Waals surface area (Å²) >= 11 is 1.21. The van der Waals surface area contributed by atoms with E-state index in [1.807, 2.05) is 13.8 Å². The second kappa shape index (κ2) is 5.19. The summed E-state index contributed by atoms with van der Waals surface area (Å²) in [7, 11) is 0. The number of hydrogen-bond acceptors (Lipinski definition) is 6. The maximum absolute atomic E-state index is 11.5. The molecule has 0 bridgehead atoms. The van der Waals surface area contributed by atoms with Crippen molar-refractivity contribution in [2.24, 2.45) is 0 Å². The van der Waals surface area contributed by atoms with Crippen molar-refractivity contribution in [3.05, 3.63) is 5.82 Å². The first-order chi connectivity index (χ1) is 8.53. The van der Waals surface area contributed by atoms with E-state index in [4.69, 9.17) is 4.74 Å². The highest BCUT2D eigenvalue weighted by Gasteiger charge is 2.41. The van der Waals surface area contributed by atoms with Crippen molar-refractivity contribution in [2.45, 2.75) is 38.1 Å². The monoisotopic (exact) mass is 271 g/mol. The standard InChI is InChI=1S/C11H17N3O3S/c1-7(2)8-12-10(18-14-8)13-11(9(15)16)3-5-17-6-4-11/h7H,3-6H2,1-2H3,(H,15,16)(H,12,13,14). The lowest BCUT2D eigenvalue weighted by atomic mass is 9.90. The van der Waals surface area contributed by atoms with E-state index in [0.717, 1.165) is 5.82 Å². The van der Waals surface area contributed by atoms with Crippen molar-refractivity contribution in [3.8, 4) is 0 Å². The summed E-state index contributed by atoms with van der Waals surface area (Å²) in [5.41, 5.74) is -0.966. The maximum Gasteiger partial charge on any atom is 0.329 e. The maximum atomic E-state index is 11.5. The largest absolute Gasteiger partial charge is 0.480 e. The smallest absolute Gasteiger partial charge is 0.329 e. The van der Waals surface area contributed by atoms with Crippen LogP contribution in [0, 0.1) is 0 Å². The predicted molar refractivity (Wildman–Crippen MR) is 68.0 cm³/mol. The average molecular weight is 271 g/mol. The van der Waals surface area contributed by atoms with Crippen LogP contribution in [-0.2, 0) is 9.53 Å². The van der Waals surface area contributed by atoms with Gasteiger partial charge in [-0.1, -0.05) is 13.8 Å². The minimum atomic E-state index is -0.966. The molecule has 1 aromatic heterocycles. The van der Waals surface area contributed by atoms with Gasteiger partial charge in [-0.25, -0.2) is 9.78 Å². The molecule has 7 heteroatoms. The number of aromatic nitrogens is 2. The van der Waals surface area contributed by atoms with Gasteiger partial charge in [0, 0.05) is 43.5 Å². The van der Waals surface area contributed by atoms with Crippen LogP contribution in [0.2, 0.25) is 0 Å². The van der Waals surface area contributed by atoms with E-state index < -0.39 is 11.5 Å². The summed E-state index contributed by atoms with van der Waals surface area (Å²) in [5, 5.41) is 13.0. The number of hydrogen-bond donors (Lipinski definition) is 2. The molecule has 0 radical (unpaired) electrons. The lowest BCUT2D eigenvalue weighted by molar-refractivity contribution is -0.145. The number of nitrogens with zero attached hydrogens (tertiary/aromatic N) is 2. The molecule has 0 aromatic carbocycles. The van der Waals surface area contributed by atoms with Gasteiger partial charge in [-0.05, 0) is 0 Å². The first-order valence-corrected chi connectivity index (χ1v) is 6.74. The molecule has 18 heavy (non-hydrogen) atoms. The lowest BCUT2D eigenvalue weighted by Crippen LogP contribution is -2.50. The summed E-state index contributed by atoms with van der Waals surface area (Å²) < 4.78 is 9.44. The SMILES string of the molecule is CC(C)c1nsc(NC2(C(=O)O)CCOCC2)n1. The summed E-state index contributed by atoms with van der Waals surface area (Å²) in [4.78, 5) is 15.8. The Hall–Kier alpha value is -1.21. The number of anilines is 1. The molecule has 6 nitrogen and oxygen atoms in total. The van der Waals surface area contributed by atoms with Crippen molar-refractivity contribution in [1.29, 1.82) is 0 Å². The lowest BCUT2D eigenvalue weighted by Gasteiger charge is -2.33. The van der Waals surface area contributed by atoms with Crippen molar-refractivity contribution in [3.63, 3.8) is 0 Å². The van der Waals surface area contributed by atoms with Gasteiger partial charge < -0.3 is 15.2 Å². The highest BCUT2D eigenvalue weighted by molar-refractivity contribution is 7.09. The molecule has 1 aromatic rings. The van der Waals surface area contributed by atoms with Crippen LogP contribution in [0.3, 0.4) is 0 Å². The van der Waals surface area contributed by atoms with Crippen LogP contribution >= 0.6 is 11.5 Å². The first-order valence-electron chi connectivity index (χ1n) is 5.96. The Kier molecular flexibility index (Phi) is 3.82. The molecule has 2 heterocycles. The molecule has 1 saturated heterocycles. The van der Waals surface area contributed by atoms with E-state index in [1.165, 1.54) is 11.5 Å². The quantitative estimate of drug-likeness (QED) is 0.867. The number of rotatable bonds is 4. The fraction of sp³-hybridized carbons (Fsp3) is 0.727. The normalized spacial score (nSPS) is 18.8. The van der Waals surface area contributed by atoms with Gasteiger partial charge in [0.1, 0.15) is 11.4 Å². The van der Waals surface area contributed by atoms with Crippen LogP contribution in [0.4, 0.5) is 5.13 Å². The molecule has 1 fully saturated rings. The summed E-state index contributed by atoms with van der Waals surface area (Å²) in [6.45, 7) is 4.92. The van der Waals surface area contributed by atoms with Crippen LogP contribution in [0.15, 0.2) is 0 Å². The highest BCUT2D eigenvalue weighted by atomic mass is 32.1. The van der Waals surface area contributed by atoms with Crippen LogP contribution in [0.1, 0.15) is 38.4 Å². The van der Waals surface area contributed by atoms with Crippen molar-refractivity contribution in [1.82, 2.24) is 9.36 Å². The Morgan fingerprint density at radius 1 is 1.50 bits per heavy atom. The van der Waals surface area contributed by atoms with Crippen molar-refractivity contribution >= 4 is 22.6 Å². The number of nitrogens with one attached hydrogen (secondary N) is 1. The predicted octanol–water partition coefficient (Wildman–Crippen LogP) is 1.71. The van der Waals surface area contributed by atoms with Gasteiger partial charge in [0.15, 0.2) is 0 Å². The Morgan fingerprint density at radius 3 is 2.67 bits per heavy atom. The second-order valence-electron chi connectivity index (χ2n) is 4.74. The molecular weight excluding hydrogens is 254 g/mol. The Labute approximate surface area is 110 Å². The third-order valence-electron chi connectivity index (χ3n) is 3.06. The zero-order chi connectivity index (χ0) is 13.2. The molecule has 0 spiro atoms. The highest BCUT2D eigenvalue weighted by Crippen LogP contribution is 2.28. The molecule has 1 aliphatic heterocycles. The minimum Gasteiger partial charge on any atom is -0.480 e. The summed E-state index contributed by atoms with van der Waals surface area (Å²) in [6, 6.07) is 0. The molecule has 100 valence electrons. The van der Waals surface area contributed by atoms with Crippen LogP contribution < -0.4 is 5.32 Å². The molecule has 1 aliphatic rings. The van der Waals surface area contributed by atoms with Gasteiger partial charge in [-0.2, -0.15) is 4.37 Å². The fourth-order valence-electron chi connectivity index (χ4n) is 1.84. The molecule has 2 N–H and O–H groups in total. The van der Waals surface area contributed by atoms with E-state index >= 15 is 0 Å². The van der Waals surface area contributed by atoms with E-state index in [1.54, 1.807) is 0 Å². The summed E-state index contributed by atoms with van der Waals surface area (Å²) in [5.74, 6) is 0.134. The number of carboxylic acids is 1. The van der Waals surface area contributed by atoms with Crippen LogP contribution in [0.5, 0.6) is 0 Å². The minimum absolute atomic E-state index is 0.243. The molecule has 0 aliphatic carbocycles. The third-order valence-corrected chi connectivity index (χ3v) is 3.70. The van der Waals surface area contributed by atoms with E-state index in [9.17, 15) is 9.90 Å². The number of carbonyl (C=O) groups is 1. The number of aliphatic carboxylic acids is 1. The summed E-state index contributed by atoms with van der Waals surface area (Å²) in [6.07, 6.45) is 0.887. The number of carboxylic acid groups (broad SMARTS) is 1. The second-order valence-corrected chi connectivity index (χ2v) is 5.49. The van der Waals surface area contributed by atoms with E-state index in [2.05, 4.69) is 14.7 Å². The zero-order valence-corrected chi connectivity index (χ0v) is 11.3. The molecular formula is C11H17N3O3S. The van der Waals surface area contributed by atoms with Crippen molar-refractivity contribution < 1.29 is 14.6 Å².